The minimum absolute atomic E-state index is 0.0474. The number of rotatable bonds is 12. The van der Waals surface area contributed by atoms with Gasteiger partial charge in [-0.2, -0.15) is 0 Å². The predicted molar refractivity (Wildman–Crippen MR) is 138 cm³/mol. The molecule has 0 aromatic carbocycles. The van der Waals surface area contributed by atoms with Crippen molar-refractivity contribution in [3.8, 4) is 23.7 Å². The van der Waals surface area contributed by atoms with E-state index < -0.39 is 17.7 Å². The van der Waals surface area contributed by atoms with Crippen LogP contribution in [0.3, 0.4) is 0 Å². The van der Waals surface area contributed by atoms with Crippen LogP contribution in [0.4, 0.5) is 4.79 Å². The standard InChI is InChI=1S/C24H36N2O6S2/c1-8-25-20(28)14-16-23(3,4)34-33-21(31-6)13-11-9-10-12-15-24(5,30)17-19(27)18(2)26-22(29)32-7/h9-10,18,21,30H,8,14,16-17H2,1-7H3,(H,25,28)(H,26,29)/b10-9-/t18?,21?,24-/m0/s1. The summed E-state index contributed by atoms with van der Waals surface area (Å²) in [5.74, 6) is 10.8. The van der Waals surface area contributed by atoms with Gasteiger partial charge in [0, 0.05) is 31.2 Å². The lowest BCUT2D eigenvalue weighted by Gasteiger charge is -2.23. The molecule has 0 saturated heterocycles. The van der Waals surface area contributed by atoms with Crippen LogP contribution >= 0.6 is 21.6 Å². The van der Waals surface area contributed by atoms with Gasteiger partial charge in [0.1, 0.15) is 5.60 Å². The first-order valence-electron chi connectivity index (χ1n) is 10.8. The molecule has 190 valence electrons. The summed E-state index contributed by atoms with van der Waals surface area (Å²) in [5, 5.41) is 15.5. The quantitative estimate of drug-likeness (QED) is 0.208. The normalized spacial score (nSPS) is 14.5. The summed E-state index contributed by atoms with van der Waals surface area (Å²) < 4.78 is 9.70. The van der Waals surface area contributed by atoms with E-state index in [9.17, 15) is 19.5 Å². The van der Waals surface area contributed by atoms with Crippen LogP contribution in [0.15, 0.2) is 12.2 Å². The van der Waals surface area contributed by atoms with Crippen molar-refractivity contribution in [2.45, 2.75) is 75.7 Å². The van der Waals surface area contributed by atoms with Crippen molar-refractivity contribution in [1.29, 1.82) is 0 Å². The molecular weight excluding hydrogens is 476 g/mol. The van der Waals surface area contributed by atoms with Crippen LogP contribution in [0.25, 0.3) is 0 Å². The molecule has 3 atom stereocenters. The summed E-state index contributed by atoms with van der Waals surface area (Å²) >= 11 is 0. The topological polar surface area (TPSA) is 114 Å². The number of methoxy groups -OCH3 is 2. The average Bonchev–Trinajstić information content (AvgIpc) is 2.76. The second kappa shape index (κ2) is 16.5. The van der Waals surface area contributed by atoms with Crippen LogP contribution in [-0.2, 0) is 19.1 Å². The number of carbonyl (C=O) groups excluding carboxylic acids is 3. The first kappa shape index (κ1) is 31.9. The van der Waals surface area contributed by atoms with Crippen LogP contribution < -0.4 is 10.6 Å². The molecule has 0 bridgehead atoms. The summed E-state index contributed by atoms with van der Waals surface area (Å²) in [6.45, 7) is 9.59. The summed E-state index contributed by atoms with van der Waals surface area (Å²) in [5.41, 5.74) is -1.92. The molecule has 0 spiro atoms. The molecule has 3 N–H and O–H groups in total. The molecular formula is C24H36N2O6S2. The Hall–Kier alpha value is -2.11. The van der Waals surface area contributed by atoms with Crippen LogP contribution in [0.2, 0.25) is 0 Å². The first-order chi connectivity index (χ1) is 15.9. The molecule has 0 heterocycles. The highest BCUT2D eigenvalue weighted by Crippen LogP contribution is 2.41. The van der Waals surface area contributed by atoms with Crippen LogP contribution in [0.1, 0.15) is 53.9 Å². The van der Waals surface area contributed by atoms with Gasteiger partial charge in [-0.15, -0.1) is 0 Å². The monoisotopic (exact) mass is 512 g/mol. The van der Waals surface area contributed by atoms with Gasteiger partial charge in [0.2, 0.25) is 5.91 Å². The molecule has 0 fully saturated rings. The zero-order valence-electron chi connectivity index (χ0n) is 20.9. The fraction of sp³-hybridized carbons (Fsp3) is 0.625. The second-order valence-corrected chi connectivity index (χ2v) is 11.1. The minimum Gasteiger partial charge on any atom is -0.453 e. The lowest BCUT2D eigenvalue weighted by atomic mass is 9.97. The van der Waals surface area contributed by atoms with Crippen molar-refractivity contribution in [3.63, 3.8) is 0 Å². The van der Waals surface area contributed by atoms with Gasteiger partial charge >= 0.3 is 6.09 Å². The molecule has 0 aliphatic heterocycles. The molecule has 0 aromatic heterocycles. The smallest absolute Gasteiger partial charge is 0.407 e. The molecule has 0 saturated carbocycles. The molecule has 8 nitrogen and oxygen atoms in total. The molecule has 0 radical (unpaired) electrons. The van der Waals surface area contributed by atoms with E-state index >= 15 is 0 Å². The number of carbonyl (C=O) groups is 3. The maximum absolute atomic E-state index is 12.1. The third-order valence-electron chi connectivity index (χ3n) is 4.22. The van der Waals surface area contributed by atoms with Gasteiger partial charge < -0.3 is 25.2 Å². The lowest BCUT2D eigenvalue weighted by molar-refractivity contribution is -0.123. The number of allylic oxidation sites excluding steroid dienone is 2. The molecule has 0 aliphatic carbocycles. The fourth-order valence-corrected chi connectivity index (χ4v) is 4.69. The van der Waals surface area contributed by atoms with Crippen molar-refractivity contribution in [3.05, 3.63) is 12.2 Å². The Morgan fingerprint density at radius 3 is 2.38 bits per heavy atom. The fourth-order valence-electron chi connectivity index (χ4n) is 2.29. The Morgan fingerprint density at radius 1 is 1.15 bits per heavy atom. The zero-order valence-corrected chi connectivity index (χ0v) is 22.6. The van der Waals surface area contributed by atoms with Crippen molar-refractivity contribution >= 4 is 39.4 Å². The van der Waals surface area contributed by atoms with E-state index in [1.807, 2.05) is 6.92 Å². The lowest BCUT2D eigenvalue weighted by Crippen LogP contribution is -2.41. The average molecular weight is 513 g/mol. The number of Topliss-reactive ketones (excluding diaryl/α,β-unsaturated/α-hetero) is 1. The SMILES string of the molecule is CCNC(=O)CCC(C)(C)SSC(C#C/C=C\C#C[C@](C)(O)CC(=O)C(C)NC(=O)OC)OC. The van der Waals surface area contributed by atoms with E-state index in [1.54, 1.807) is 17.9 Å². The Kier molecular flexibility index (Phi) is 15.5. The molecule has 0 aliphatic rings. The summed E-state index contributed by atoms with van der Waals surface area (Å²) in [7, 11) is 5.87. The third-order valence-corrected chi connectivity index (χ3v) is 7.62. The highest BCUT2D eigenvalue weighted by atomic mass is 33.1. The largest absolute Gasteiger partial charge is 0.453 e. The number of hydrogen-bond acceptors (Lipinski definition) is 8. The zero-order chi connectivity index (χ0) is 26.2. The predicted octanol–water partition coefficient (Wildman–Crippen LogP) is 3.05. The highest BCUT2D eigenvalue weighted by molar-refractivity contribution is 8.77. The number of nitrogens with one attached hydrogen (secondary N) is 2. The van der Waals surface area contributed by atoms with E-state index in [0.29, 0.717) is 13.0 Å². The van der Waals surface area contributed by atoms with E-state index in [2.05, 4.69) is 52.9 Å². The molecule has 2 unspecified atom stereocenters. The molecule has 2 amide bonds. The molecule has 10 heteroatoms. The number of amides is 2. The van der Waals surface area contributed by atoms with Gasteiger partial charge in [-0.05, 0) is 64.0 Å². The van der Waals surface area contributed by atoms with Crippen molar-refractivity contribution in [1.82, 2.24) is 10.6 Å². The van der Waals surface area contributed by atoms with Gasteiger partial charge in [0.15, 0.2) is 11.2 Å². The maximum Gasteiger partial charge on any atom is 0.407 e. The van der Waals surface area contributed by atoms with Gasteiger partial charge in [-0.1, -0.05) is 34.5 Å². The van der Waals surface area contributed by atoms with E-state index in [0.717, 1.165) is 6.42 Å². The number of ether oxygens (including phenoxy) is 2. The van der Waals surface area contributed by atoms with Crippen LogP contribution in [-0.4, -0.2) is 65.5 Å². The summed E-state index contributed by atoms with van der Waals surface area (Å²) in [4.78, 5) is 34.9. The third kappa shape index (κ3) is 15.7. The maximum atomic E-state index is 12.1. The Morgan fingerprint density at radius 2 is 1.79 bits per heavy atom. The number of alkyl carbamates (subject to hydrolysis) is 1. The van der Waals surface area contributed by atoms with Gasteiger partial charge in [0.25, 0.3) is 0 Å². The number of aliphatic hydroxyl groups is 1. The van der Waals surface area contributed by atoms with Gasteiger partial charge in [0.05, 0.1) is 13.2 Å². The van der Waals surface area contributed by atoms with Gasteiger partial charge in [-0.3, -0.25) is 9.59 Å². The molecule has 0 aromatic rings. The van der Waals surface area contributed by atoms with Crippen molar-refractivity contribution in [2.24, 2.45) is 0 Å². The van der Waals surface area contributed by atoms with Crippen molar-refractivity contribution in [2.75, 3.05) is 20.8 Å². The van der Waals surface area contributed by atoms with E-state index in [-0.39, 0.29) is 28.3 Å². The molecule has 0 rings (SSSR count). The van der Waals surface area contributed by atoms with Crippen LogP contribution in [0, 0.1) is 23.7 Å². The Bertz CT molecular complexity index is 834. The number of ketones is 1. The molecule has 34 heavy (non-hydrogen) atoms. The first-order valence-corrected chi connectivity index (χ1v) is 13.0. The Balaban J connectivity index is 4.69. The second-order valence-electron chi connectivity index (χ2n) is 8.13. The van der Waals surface area contributed by atoms with Crippen LogP contribution in [0.5, 0.6) is 0 Å². The Labute approximate surface area is 211 Å². The summed E-state index contributed by atoms with van der Waals surface area (Å²) in [6, 6.07) is -0.804. The number of hydrogen-bond donors (Lipinski definition) is 3. The van der Waals surface area contributed by atoms with E-state index in [4.69, 9.17) is 4.74 Å². The van der Waals surface area contributed by atoms with Gasteiger partial charge in [-0.25, -0.2) is 4.79 Å². The highest BCUT2D eigenvalue weighted by Gasteiger charge is 2.26. The van der Waals surface area contributed by atoms with Crippen molar-refractivity contribution < 1.29 is 29.0 Å². The summed E-state index contributed by atoms with van der Waals surface area (Å²) in [6.07, 6.45) is 3.24. The minimum atomic E-state index is -1.55. The van der Waals surface area contributed by atoms with E-state index in [1.165, 1.54) is 43.9 Å².